The van der Waals surface area contributed by atoms with Crippen LogP contribution < -0.4 is 14.2 Å². The van der Waals surface area contributed by atoms with Crippen LogP contribution in [0.15, 0.2) is 48.3 Å². The van der Waals surface area contributed by atoms with Gasteiger partial charge in [0.1, 0.15) is 23.9 Å². The number of hydrogen-bond acceptors (Lipinski definition) is 4. The Bertz CT molecular complexity index is 724. The Morgan fingerprint density at radius 1 is 0.958 bits per heavy atom. The molecule has 1 aromatic carbocycles. The molecule has 1 aromatic heterocycles. The van der Waals surface area contributed by atoms with Gasteiger partial charge in [0.15, 0.2) is 0 Å². The molecule has 24 heavy (non-hydrogen) atoms. The van der Waals surface area contributed by atoms with Crippen LogP contribution in [0.3, 0.4) is 0 Å². The van der Waals surface area contributed by atoms with Crippen molar-refractivity contribution >= 4 is 5.57 Å². The van der Waals surface area contributed by atoms with E-state index in [0.29, 0.717) is 12.4 Å². The molecule has 1 heterocycles. The van der Waals surface area contributed by atoms with Crippen LogP contribution >= 0.6 is 0 Å². The first-order chi connectivity index (χ1) is 11.8. The Morgan fingerprint density at radius 2 is 1.75 bits per heavy atom. The van der Waals surface area contributed by atoms with Gasteiger partial charge in [-0.3, -0.25) is 4.98 Å². The summed E-state index contributed by atoms with van der Waals surface area (Å²) in [4.78, 5) is 4.14. The van der Waals surface area contributed by atoms with Crippen molar-refractivity contribution in [1.29, 1.82) is 0 Å². The van der Waals surface area contributed by atoms with Gasteiger partial charge < -0.3 is 14.2 Å². The summed E-state index contributed by atoms with van der Waals surface area (Å²) < 4.78 is 16.7. The van der Waals surface area contributed by atoms with Gasteiger partial charge in [-0.2, -0.15) is 0 Å². The molecule has 2 aromatic rings. The van der Waals surface area contributed by atoms with Crippen molar-refractivity contribution in [3.8, 4) is 17.2 Å². The fourth-order valence-corrected chi connectivity index (χ4v) is 3.11. The molecular formula is C20H23NO3. The van der Waals surface area contributed by atoms with Crippen LogP contribution in [0.2, 0.25) is 0 Å². The average Bonchev–Trinajstić information content (AvgIpc) is 2.66. The van der Waals surface area contributed by atoms with Crippen molar-refractivity contribution < 1.29 is 14.2 Å². The molecule has 0 atom stereocenters. The lowest BCUT2D eigenvalue weighted by molar-refractivity contribution is 0.338. The summed E-state index contributed by atoms with van der Waals surface area (Å²) in [5.41, 5.74) is 3.88. The van der Waals surface area contributed by atoms with Crippen molar-refractivity contribution in [3.63, 3.8) is 0 Å². The number of rotatable bonds is 6. The number of aromatic nitrogens is 1. The molecule has 0 radical (unpaired) electrons. The molecule has 4 nitrogen and oxygen atoms in total. The van der Waals surface area contributed by atoms with Gasteiger partial charge in [0.25, 0.3) is 0 Å². The van der Waals surface area contributed by atoms with Crippen molar-refractivity contribution in [2.24, 2.45) is 0 Å². The molecule has 3 rings (SSSR count). The van der Waals surface area contributed by atoms with E-state index in [1.165, 1.54) is 29.6 Å². The van der Waals surface area contributed by atoms with Crippen LogP contribution in [0.25, 0.3) is 5.57 Å². The molecule has 0 amide bonds. The molecule has 0 bridgehead atoms. The van der Waals surface area contributed by atoms with Gasteiger partial charge in [0.05, 0.1) is 26.6 Å². The van der Waals surface area contributed by atoms with Crippen molar-refractivity contribution in [2.75, 3.05) is 20.8 Å². The minimum atomic E-state index is 0.572. The Kier molecular flexibility index (Phi) is 5.36. The van der Waals surface area contributed by atoms with Gasteiger partial charge >= 0.3 is 0 Å². The Morgan fingerprint density at radius 3 is 2.58 bits per heavy atom. The van der Waals surface area contributed by atoms with E-state index >= 15 is 0 Å². The Balaban J connectivity index is 1.84. The maximum absolute atomic E-state index is 5.97. The minimum Gasteiger partial charge on any atom is -0.496 e. The third-order valence-electron chi connectivity index (χ3n) is 4.35. The van der Waals surface area contributed by atoms with E-state index in [2.05, 4.69) is 17.1 Å². The van der Waals surface area contributed by atoms with Crippen LogP contribution in [0, 0.1) is 0 Å². The molecule has 0 N–H and O–H groups in total. The van der Waals surface area contributed by atoms with E-state index in [0.717, 1.165) is 24.3 Å². The largest absolute Gasteiger partial charge is 0.496 e. The number of benzene rings is 1. The predicted octanol–water partition coefficient (Wildman–Crippen LogP) is 4.51. The lowest BCUT2D eigenvalue weighted by Gasteiger charge is -2.22. The topological polar surface area (TPSA) is 40.6 Å². The van der Waals surface area contributed by atoms with Crippen molar-refractivity contribution in [1.82, 2.24) is 4.98 Å². The zero-order chi connectivity index (χ0) is 16.8. The molecule has 0 unspecified atom stereocenters. The van der Waals surface area contributed by atoms with Crippen LogP contribution in [0.4, 0.5) is 0 Å². The van der Waals surface area contributed by atoms with E-state index in [-0.39, 0.29) is 0 Å². The van der Waals surface area contributed by atoms with E-state index in [4.69, 9.17) is 14.2 Å². The summed E-state index contributed by atoms with van der Waals surface area (Å²) in [6.07, 6.45) is 7.92. The third kappa shape index (κ3) is 3.70. The smallest absolute Gasteiger partial charge is 0.141 e. The highest BCUT2D eigenvalue weighted by atomic mass is 16.5. The lowest BCUT2D eigenvalue weighted by atomic mass is 9.87. The summed E-state index contributed by atoms with van der Waals surface area (Å²) in [6.45, 7) is 0.572. The van der Waals surface area contributed by atoms with Gasteiger partial charge in [-0.1, -0.05) is 18.2 Å². The summed E-state index contributed by atoms with van der Waals surface area (Å²) in [6, 6.07) is 10.1. The van der Waals surface area contributed by atoms with E-state index < -0.39 is 0 Å². The molecule has 0 fully saturated rings. The van der Waals surface area contributed by atoms with Gasteiger partial charge in [0.2, 0.25) is 0 Å². The van der Waals surface area contributed by atoms with E-state index in [1.54, 1.807) is 26.6 Å². The van der Waals surface area contributed by atoms with E-state index in [1.807, 2.05) is 18.2 Å². The zero-order valence-electron chi connectivity index (χ0n) is 14.2. The monoisotopic (exact) mass is 325 g/mol. The standard InChI is InChI=1S/C20H23NO3/c1-22-16-11-17(13-21-12-16)24-14-15-7-3-4-8-18(15)19-9-5-6-10-20(19)23-2/h5-6,9-13H,3-4,7-8,14H2,1-2H3. The highest BCUT2D eigenvalue weighted by Gasteiger charge is 2.17. The second-order valence-electron chi connectivity index (χ2n) is 5.84. The lowest BCUT2D eigenvalue weighted by Crippen LogP contribution is -2.09. The van der Waals surface area contributed by atoms with Crippen LogP contribution in [0.5, 0.6) is 17.2 Å². The number of pyridine rings is 1. The van der Waals surface area contributed by atoms with Crippen molar-refractivity contribution in [2.45, 2.75) is 25.7 Å². The summed E-state index contributed by atoms with van der Waals surface area (Å²) in [5.74, 6) is 2.36. The second-order valence-corrected chi connectivity index (χ2v) is 5.84. The average molecular weight is 325 g/mol. The maximum Gasteiger partial charge on any atom is 0.141 e. The molecular weight excluding hydrogens is 302 g/mol. The first-order valence-corrected chi connectivity index (χ1v) is 8.28. The molecule has 1 aliphatic rings. The van der Waals surface area contributed by atoms with E-state index in [9.17, 15) is 0 Å². The highest BCUT2D eigenvalue weighted by molar-refractivity contribution is 5.74. The van der Waals surface area contributed by atoms with Gasteiger partial charge in [-0.05, 0) is 42.9 Å². The van der Waals surface area contributed by atoms with Gasteiger partial charge in [0, 0.05) is 11.6 Å². The molecule has 126 valence electrons. The third-order valence-corrected chi connectivity index (χ3v) is 4.35. The van der Waals surface area contributed by atoms with Crippen LogP contribution in [0.1, 0.15) is 31.2 Å². The van der Waals surface area contributed by atoms with Crippen LogP contribution in [-0.4, -0.2) is 25.8 Å². The minimum absolute atomic E-state index is 0.572. The Hall–Kier alpha value is -2.49. The zero-order valence-corrected chi connectivity index (χ0v) is 14.2. The number of hydrogen-bond donors (Lipinski definition) is 0. The summed E-state index contributed by atoms with van der Waals surface area (Å²) in [7, 11) is 3.35. The van der Waals surface area contributed by atoms with Gasteiger partial charge in [-0.15, -0.1) is 0 Å². The normalized spacial score (nSPS) is 14.4. The fourth-order valence-electron chi connectivity index (χ4n) is 3.11. The molecule has 1 aliphatic carbocycles. The predicted molar refractivity (Wildman–Crippen MR) is 94.7 cm³/mol. The molecule has 0 saturated carbocycles. The number of ether oxygens (including phenoxy) is 3. The van der Waals surface area contributed by atoms with Gasteiger partial charge in [-0.25, -0.2) is 0 Å². The molecule has 0 saturated heterocycles. The Labute approximate surface area is 143 Å². The number of allylic oxidation sites excluding steroid dienone is 1. The number of para-hydroxylation sites is 1. The fraction of sp³-hybridized carbons (Fsp3) is 0.350. The highest BCUT2D eigenvalue weighted by Crippen LogP contribution is 2.37. The molecule has 0 spiro atoms. The number of nitrogens with zero attached hydrogens (tertiary/aromatic N) is 1. The SMILES string of the molecule is COc1cncc(OCC2=C(c3ccccc3OC)CCCC2)c1. The maximum atomic E-state index is 5.97. The number of methoxy groups -OCH3 is 2. The molecule has 0 aliphatic heterocycles. The second kappa shape index (κ2) is 7.86. The first kappa shape index (κ1) is 16.4. The summed E-state index contributed by atoms with van der Waals surface area (Å²) >= 11 is 0. The van der Waals surface area contributed by atoms with Crippen LogP contribution in [-0.2, 0) is 0 Å². The summed E-state index contributed by atoms with van der Waals surface area (Å²) in [5, 5.41) is 0. The first-order valence-electron chi connectivity index (χ1n) is 8.28. The molecule has 4 heteroatoms. The quantitative estimate of drug-likeness (QED) is 0.784. The van der Waals surface area contributed by atoms with Crippen molar-refractivity contribution in [3.05, 3.63) is 53.9 Å².